The second kappa shape index (κ2) is 4.38. The minimum atomic E-state index is -1.25. The Hall–Kier alpha value is -2.38. The number of carbonyl (C=O) groups excluding carboxylic acids is 1. The fourth-order valence-corrected chi connectivity index (χ4v) is 2.27. The first kappa shape index (κ1) is 13.1. The van der Waals surface area contributed by atoms with Crippen LogP contribution < -0.4 is 0 Å². The van der Waals surface area contributed by atoms with Gasteiger partial charge in [-0.3, -0.25) is 4.79 Å². The van der Waals surface area contributed by atoms with Crippen LogP contribution in [0.1, 0.15) is 30.3 Å². The van der Waals surface area contributed by atoms with Crippen molar-refractivity contribution in [1.29, 1.82) is 0 Å². The molecule has 0 aliphatic carbocycles. The number of aromatic amines is 1. The first-order valence-corrected chi connectivity index (χ1v) is 5.75. The van der Waals surface area contributed by atoms with Gasteiger partial charge in [-0.15, -0.1) is 0 Å². The fourth-order valence-electron chi connectivity index (χ4n) is 2.27. The van der Waals surface area contributed by atoms with E-state index in [4.69, 9.17) is 0 Å². The summed E-state index contributed by atoms with van der Waals surface area (Å²) in [6.45, 7) is 1.81. The van der Waals surface area contributed by atoms with Crippen LogP contribution in [0, 0.1) is 10.1 Å². The maximum atomic E-state index is 12.2. The van der Waals surface area contributed by atoms with Crippen molar-refractivity contribution in [1.82, 2.24) is 9.88 Å². The Morgan fingerprint density at radius 2 is 2.21 bits per heavy atom. The normalized spacial score (nSPS) is 22.5. The molecular weight excluding hydrogens is 254 g/mol. The zero-order valence-corrected chi connectivity index (χ0v) is 10.3. The van der Waals surface area contributed by atoms with Crippen LogP contribution in [-0.4, -0.2) is 43.9 Å². The maximum absolute atomic E-state index is 12.2. The Kier molecular flexibility index (Phi) is 3.01. The molecule has 0 bridgehead atoms. The van der Waals surface area contributed by atoms with E-state index in [0.717, 1.165) is 0 Å². The third kappa shape index (κ3) is 2.05. The molecule has 2 rings (SSSR count). The van der Waals surface area contributed by atoms with Gasteiger partial charge in [0.05, 0.1) is 0 Å². The number of rotatable bonds is 3. The van der Waals surface area contributed by atoms with Gasteiger partial charge < -0.3 is 20.1 Å². The van der Waals surface area contributed by atoms with Gasteiger partial charge in [-0.1, -0.05) is 0 Å². The molecule has 1 atom stereocenters. The predicted octanol–water partition coefficient (Wildman–Crippen LogP) is 1.00. The molecule has 0 saturated carbocycles. The number of carbonyl (C=O) groups is 2. The number of nitrogens with zero attached hydrogens (tertiary/aromatic N) is 2. The summed E-state index contributed by atoms with van der Waals surface area (Å²) >= 11 is 0. The van der Waals surface area contributed by atoms with Gasteiger partial charge in [0.25, 0.3) is 5.91 Å². The molecule has 1 saturated heterocycles. The molecule has 0 radical (unpaired) electrons. The third-order valence-electron chi connectivity index (χ3n) is 3.44. The van der Waals surface area contributed by atoms with Crippen molar-refractivity contribution < 1.29 is 19.6 Å². The van der Waals surface area contributed by atoms with E-state index in [9.17, 15) is 24.8 Å². The van der Waals surface area contributed by atoms with E-state index in [0.29, 0.717) is 19.4 Å². The maximum Gasteiger partial charge on any atom is 0.329 e. The summed E-state index contributed by atoms with van der Waals surface area (Å²) in [4.78, 5) is 37.0. The van der Waals surface area contributed by atoms with Crippen LogP contribution in [0.3, 0.4) is 0 Å². The lowest BCUT2D eigenvalue weighted by molar-refractivity contribution is -0.389. The molecule has 1 amide bonds. The number of carboxylic acid groups (broad SMARTS) is 1. The van der Waals surface area contributed by atoms with E-state index in [1.165, 1.54) is 24.0 Å². The van der Waals surface area contributed by atoms with Crippen LogP contribution in [-0.2, 0) is 4.79 Å². The van der Waals surface area contributed by atoms with Gasteiger partial charge in [-0.2, -0.15) is 0 Å². The number of nitrogens with one attached hydrogen (secondary N) is 1. The van der Waals surface area contributed by atoms with Crippen LogP contribution in [0.5, 0.6) is 0 Å². The number of aromatic nitrogens is 1. The Bertz CT molecular complexity index is 552. The van der Waals surface area contributed by atoms with Crippen molar-refractivity contribution in [2.75, 3.05) is 6.54 Å². The summed E-state index contributed by atoms with van der Waals surface area (Å²) in [7, 11) is 0. The van der Waals surface area contributed by atoms with Gasteiger partial charge in [0, 0.05) is 12.6 Å². The molecule has 1 aromatic heterocycles. The number of carboxylic acids is 1. The number of likely N-dealkylation sites (tertiary alicyclic amines) is 1. The Morgan fingerprint density at radius 1 is 1.53 bits per heavy atom. The molecule has 2 N–H and O–H groups in total. The molecule has 2 heterocycles. The molecule has 1 fully saturated rings. The van der Waals surface area contributed by atoms with Crippen LogP contribution >= 0.6 is 0 Å². The van der Waals surface area contributed by atoms with Gasteiger partial charge in [0.15, 0.2) is 5.69 Å². The highest BCUT2D eigenvalue weighted by Gasteiger charge is 2.46. The van der Waals surface area contributed by atoms with Gasteiger partial charge in [0.2, 0.25) is 0 Å². The Balaban J connectivity index is 2.28. The number of hydrogen-bond acceptors (Lipinski definition) is 4. The molecule has 1 aromatic rings. The number of aliphatic carboxylic acids is 1. The molecule has 8 nitrogen and oxygen atoms in total. The smallest absolute Gasteiger partial charge is 0.329 e. The molecule has 102 valence electrons. The van der Waals surface area contributed by atoms with Crippen molar-refractivity contribution in [3.63, 3.8) is 0 Å². The fraction of sp³-hybridized carbons (Fsp3) is 0.455. The molecule has 19 heavy (non-hydrogen) atoms. The number of H-pyrrole nitrogens is 1. The van der Waals surface area contributed by atoms with Crippen molar-refractivity contribution >= 4 is 17.7 Å². The highest BCUT2D eigenvalue weighted by Crippen LogP contribution is 2.30. The lowest BCUT2D eigenvalue weighted by Crippen LogP contribution is -2.50. The molecule has 0 aromatic carbocycles. The van der Waals surface area contributed by atoms with E-state index < -0.39 is 22.3 Å². The predicted molar refractivity (Wildman–Crippen MR) is 63.8 cm³/mol. The average molecular weight is 267 g/mol. The molecule has 0 spiro atoms. The molecule has 1 aliphatic rings. The summed E-state index contributed by atoms with van der Waals surface area (Å²) in [6.07, 6.45) is 0.966. The van der Waals surface area contributed by atoms with Crippen molar-refractivity contribution in [2.24, 2.45) is 0 Å². The number of amides is 1. The van der Waals surface area contributed by atoms with Crippen LogP contribution in [0.25, 0.3) is 0 Å². The van der Waals surface area contributed by atoms with Gasteiger partial charge in [0.1, 0.15) is 5.54 Å². The summed E-state index contributed by atoms with van der Waals surface area (Å²) in [5.41, 5.74) is -1.22. The average Bonchev–Trinajstić information content (AvgIpc) is 2.95. The summed E-state index contributed by atoms with van der Waals surface area (Å²) in [5, 5.41) is 19.8. The Labute approximate surface area is 108 Å². The van der Waals surface area contributed by atoms with E-state index in [1.807, 2.05) is 0 Å². The highest BCUT2D eigenvalue weighted by molar-refractivity contribution is 5.97. The largest absolute Gasteiger partial charge is 0.480 e. The van der Waals surface area contributed by atoms with Crippen molar-refractivity contribution in [3.8, 4) is 0 Å². The van der Waals surface area contributed by atoms with E-state index in [2.05, 4.69) is 4.98 Å². The minimum Gasteiger partial charge on any atom is -0.480 e. The van der Waals surface area contributed by atoms with E-state index in [-0.39, 0.29) is 11.5 Å². The van der Waals surface area contributed by atoms with Crippen molar-refractivity contribution in [2.45, 2.75) is 25.3 Å². The highest BCUT2D eigenvalue weighted by atomic mass is 16.6. The second-order valence-electron chi connectivity index (χ2n) is 4.65. The quantitative estimate of drug-likeness (QED) is 0.626. The van der Waals surface area contributed by atoms with Crippen LogP contribution in [0.2, 0.25) is 0 Å². The molecule has 8 heteroatoms. The van der Waals surface area contributed by atoms with E-state index >= 15 is 0 Å². The van der Waals surface area contributed by atoms with Crippen LogP contribution in [0.15, 0.2) is 12.1 Å². The van der Waals surface area contributed by atoms with E-state index in [1.54, 1.807) is 0 Å². The Morgan fingerprint density at radius 3 is 2.74 bits per heavy atom. The number of hydrogen-bond donors (Lipinski definition) is 2. The van der Waals surface area contributed by atoms with Gasteiger partial charge in [-0.05, 0) is 30.8 Å². The monoisotopic (exact) mass is 267 g/mol. The zero-order valence-electron chi connectivity index (χ0n) is 10.3. The first-order valence-electron chi connectivity index (χ1n) is 5.75. The standard InChI is InChI=1S/C11H13N3O5/c1-11(10(16)17)5-2-6-13(11)9(15)7-3-4-8(12-7)14(18)19/h3-4,12H,2,5-6H2,1H3,(H,16,17). The molecular formula is C11H13N3O5. The SMILES string of the molecule is CC1(C(=O)O)CCCN1C(=O)c1ccc([N+](=O)[O-])[nH]1. The third-order valence-corrected chi connectivity index (χ3v) is 3.44. The summed E-state index contributed by atoms with van der Waals surface area (Å²) in [5.74, 6) is -1.89. The zero-order chi connectivity index (χ0) is 14.2. The topological polar surface area (TPSA) is 117 Å². The van der Waals surface area contributed by atoms with Crippen molar-refractivity contribution in [3.05, 3.63) is 27.9 Å². The second-order valence-corrected chi connectivity index (χ2v) is 4.65. The lowest BCUT2D eigenvalue weighted by atomic mass is 9.99. The molecule has 1 unspecified atom stereocenters. The number of nitro groups is 1. The lowest BCUT2D eigenvalue weighted by Gasteiger charge is -2.30. The summed E-state index contributed by atoms with van der Waals surface area (Å²) in [6, 6.07) is 2.47. The first-order chi connectivity index (χ1) is 8.86. The van der Waals surface area contributed by atoms with Gasteiger partial charge >= 0.3 is 11.8 Å². The van der Waals surface area contributed by atoms with Gasteiger partial charge in [-0.25, -0.2) is 9.78 Å². The minimum absolute atomic E-state index is 0.0288. The summed E-state index contributed by atoms with van der Waals surface area (Å²) < 4.78 is 0. The molecule has 1 aliphatic heterocycles. The van der Waals surface area contributed by atoms with Crippen LogP contribution in [0.4, 0.5) is 5.82 Å².